The van der Waals surface area contributed by atoms with Crippen LogP contribution in [0.4, 0.5) is 0 Å². The van der Waals surface area contributed by atoms with Crippen molar-refractivity contribution in [1.82, 2.24) is 5.32 Å². The minimum Gasteiger partial charge on any atom is -0.493 e. The second kappa shape index (κ2) is 6.39. The summed E-state index contributed by atoms with van der Waals surface area (Å²) in [5, 5.41) is 3.66. The predicted octanol–water partition coefficient (Wildman–Crippen LogP) is 4.14. The van der Waals surface area contributed by atoms with Crippen LogP contribution in [0.3, 0.4) is 0 Å². The van der Waals surface area contributed by atoms with E-state index in [1.807, 2.05) is 0 Å². The molecule has 3 atom stereocenters. The average Bonchev–Trinajstić information content (AvgIpc) is 2.94. The molecule has 1 aliphatic carbocycles. The van der Waals surface area contributed by atoms with E-state index in [1.54, 1.807) is 0 Å². The normalized spacial score (nSPS) is 28.5. The van der Waals surface area contributed by atoms with E-state index in [9.17, 15) is 0 Å². The second-order valence-corrected chi connectivity index (χ2v) is 7.28. The summed E-state index contributed by atoms with van der Waals surface area (Å²) in [4.78, 5) is 0. The van der Waals surface area contributed by atoms with Crippen molar-refractivity contribution < 1.29 is 4.74 Å². The molecule has 0 amide bonds. The first-order chi connectivity index (χ1) is 10.1. The van der Waals surface area contributed by atoms with Gasteiger partial charge in [-0.25, -0.2) is 0 Å². The van der Waals surface area contributed by atoms with Gasteiger partial charge >= 0.3 is 0 Å². The zero-order valence-electron chi connectivity index (χ0n) is 13.7. The van der Waals surface area contributed by atoms with Gasteiger partial charge in [0.1, 0.15) is 5.75 Å². The summed E-state index contributed by atoms with van der Waals surface area (Å²) < 4.78 is 5.97. The molecular weight excluding hydrogens is 258 g/mol. The van der Waals surface area contributed by atoms with Crippen molar-refractivity contribution in [2.24, 2.45) is 11.8 Å². The third-order valence-corrected chi connectivity index (χ3v) is 5.19. The summed E-state index contributed by atoms with van der Waals surface area (Å²) in [6, 6.07) is 7.35. The first kappa shape index (κ1) is 14.9. The maximum absolute atomic E-state index is 5.97. The molecule has 1 saturated carbocycles. The third kappa shape index (κ3) is 3.26. The lowest BCUT2D eigenvalue weighted by atomic mass is 9.71. The molecule has 0 spiro atoms. The van der Waals surface area contributed by atoms with Crippen LogP contribution in [0.5, 0.6) is 5.75 Å². The zero-order chi connectivity index (χ0) is 14.8. The molecule has 1 fully saturated rings. The summed E-state index contributed by atoms with van der Waals surface area (Å²) in [6.07, 6.45) is 5.11. The lowest BCUT2D eigenvalue weighted by Crippen LogP contribution is -2.34. The minimum absolute atomic E-state index is 0.572. The molecule has 0 saturated heterocycles. The fourth-order valence-corrected chi connectivity index (χ4v) is 3.99. The fourth-order valence-electron chi connectivity index (χ4n) is 3.99. The van der Waals surface area contributed by atoms with Gasteiger partial charge in [-0.1, -0.05) is 45.4 Å². The van der Waals surface area contributed by atoms with E-state index >= 15 is 0 Å². The van der Waals surface area contributed by atoms with Crippen LogP contribution in [0.1, 0.15) is 57.1 Å². The van der Waals surface area contributed by atoms with E-state index in [0.717, 1.165) is 31.4 Å². The van der Waals surface area contributed by atoms with Gasteiger partial charge in [0.15, 0.2) is 0 Å². The van der Waals surface area contributed by atoms with Gasteiger partial charge in [-0.3, -0.25) is 0 Å². The van der Waals surface area contributed by atoms with Crippen molar-refractivity contribution in [3.8, 4) is 5.75 Å². The maximum atomic E-state index is 5.97. The number of rotatable bonds is 4. The number of benzene rings is 1. The highest BCUT2D eigenvalue weighted by Gasteiger charge is 2.33. The molecule has 2 heteroatoms. The summed E-state index contributed by atoms with van der Waals surface area (Å²) in [5.74, 6) is 3.46. The number of hydrogen-bond donors (Lipinski definition) is 1. The molecule has 1 aromatic rings. The molecule has 0 bridgehead atoms. The quantitative estimate of drug-likeness (QED) is 0.898. The van der Waals surface area contributed by atoms with Gasteiger partial charge < -0.3 is 10.1 Å². The topological polar surface area (TPSA) is 21.3 Å². The molecule has 2 aliphatic rings. The molecule has 1 aromatic carbocycles. The molecule has 1 heterocycles. The Labute approximate surface area is 129 Å². The average molecular weight is 287 g/mol. The van der Waals surface area contributed by atoms with Gasteiger partial charge in [-0.05, 0) is 48.3 Å². The smallest absolute Gasteiger partial charge is 0.126 e. The van der Waals surface area contributed by atoms with Gasteiger partial charge in [-0.2, -0.15) is 0 Å². The Morgan fingerprint density at radius 2 is 2.14 bits per heavy atom. The molecule has 1 aliphatic heterocycles. The van der Waals surface area contributed by atoms with Crippen LogP contribution in [0.2, 0.25) is 0 Å². The van der Waals surface area contributed by atoms with Crippen molar-refractivity contribution in [3.63, 3.8) is 0 Å². The molecular formula is C19H29NO. The number of fused-ring (bicyclic) bond motifs is 1. The third-order valence-electron chi connectivity index (χ3n) is 5.19. The Hall–Kier alpha value is -1.02. The largest absolute Gasteiger partial charge is 0.493 e. The number of ether oxygens (including phenoxy) is 1. The van der Waals surface area contributed by atoms with Gasteiger partial charge in [0.25, 0.3) is 0 Å². The molecule has 1 N–H and O–H groups in total. The maximum Gasteiger partial charge on any atom is 0.126 e. The van der Waals surface area contributed by atoms with Gasteiger partial charge in [-0.15, -0.1) is 0 Å². The van der Waals surface area contributed by atoms with Crippen LogP contribution in [0, 0.1) is 11.8 Å². The Morgan fingerprint density at radius 3 is 2.95 bits per heavy atom. The standard InChI is InChI=1S/C19H29NO/c1-13(2)20-12-16-8-7-14(3)11-18(16)17-6-4-5-15-9-10-21-19(15)17/h4-6,13-14,16,18,20H,7-12H2,1-3H3. The van der Waals surface area contributed by atoms with Crippen LogP contribution in [0.25, 0.3) is 0 Å². The minimum atomic E-state index is 0.572. The molecule has 2 nitrogen and oxygen atoms in total. The first-order valence-corrected chi connectivity index (χ1v) is 8.63. The van der Waals surface area contributed by atoms with Crippen molar-refractivity contribution >= 4 is 0 Å². The summed E-state index contributed by atoms with van der Waals surface area (Å²) in [7, 11) is 0. The van der Waals surface area contributed by atoms with E-state index in [2.05, 4.69) is 44.3 Å². The van der Waals surface area contributed by atoms with E-state index in [0.29, 0.717) is 12.0 Å². The highest BCUT2D eigenvalue weighted by molar-refractivity contribution is 5.46. The fraction of sp³-hybridized carbons (Fsp3) is 0.684. The van der Waals surface area contributed by atoms with Gasteiger partial charge in [0.05, 0.1) is 6.61 Å². The Kier molecular flexibility index (Phi) is 4.54. The van der Waals surface area contributed by atoms with E-state index < -0.39 is 0 Å². The Balaban J connectivity index is 1.84. The van der Waals surface area contributed by atoms with E-state index in [4.69, 9.17) is 4.74 Å². The first-order valence-electron chi connectivity index (χ1n) is 8.63. The van der Waals surface area contributed by atoms with Crippen LogP contribution in [-0.2, 0) is 6.42 Å². The number of nitrogens with one attached hydrogen (secondary N) is 1. The van der Waals surface area contributed by atoms with Crippen molar-refractivity contribution in [2.45, 2.75) is 58.4 Å². The molecule has 3 rings (SSSR count). The van der Waals surface area contributed by atoms with Gasteiger partial charge in [0.2, 0.25) is 0 Å². The van der Waals surface area contributed by atoms with Crippen molar-refractivity contribution in [1.29, 1.82) is 0 Å². The van der Waals surface area contributed by atoms with Crippen LogP contribution >= 0.6 is 0 Å². The van der Waals surface area contributed by atoms with Crippen molar-refractivity contribution in [2.75, 3.05) is 13.2 Å². The van der Waals surface area contributed by atoms with Crippen molar-refractivity contribution in [3.05, 3.63) is 29.3 Å². The summed E-state index contributed by atoms with van der Waals surface area (Å²) in [6.45, 7) is 8.89. The molecule has 21 heavy (non-hydrogen) atoms. The van der Waals surface area contributed by atoms with E-state index in [-0.39, 0.29) is 0 Å². The second-order valence-electron chi connectivity index (χ2n) is 7.28. The van der Waals surface area contributed by atoms with Gasteiger partial charge in [0, 0.05) is 12.5 Å². The highest BCUT2D eigenvalue weighted by Crippen LogP contribution is 2.45. The molecule has 3 unspecified atom stereocenters. The molecule has 0 radical (unpaired) electrons. The van der Waals surface area contributed by atoms with Crippen LogP contribution in [-0.4, -0.2) is 19.2 Å². The predicted molar refractivity (Wildman–Crippen MR) is 88.0 cm³/mol. The lowest BCUT2D eigenvalue weighted by molar-refractivity contribution is 0.233. The summed E-state index contributed by atoms with van der Waals surface area (Å²) in [5.41, 5.74) is 2.90. The lowest BCUT2D eigenvalue weighted by Gasteiger charge is -2.36. The number of para-hydroxylation sites is 1. The number of hydrogen-bond acceptors (Lipinski definition) is 2. The molecule has 0 aromatic heterocycles. The van der Waals surface area contributed by atoms with E-state index in [1.165, 1.54) is 36.1 Å². The Bertz CT molecular complexity index is 482. The Morgan fingerprint density at radius 1 is 1.29 bits per heavy atom. The highest BCUT2D eigenvalue weighted by atomic mass is 16.5. The SMILES string of the molecule is CC1CCC(CNC(C)C)C(c2cccc3c2OCC3)C1. The zero-order valence-corrected chi connectivity index (χ0v) is 13.7. The summed E-state index contributed by atoms with van der Waals surface area (Å²) >= 11 is 0. The van der Waals surface area contributed by atoms with Crippen LogP contribution in [0.15, 0.2) is 18.2 Å². The molecule has 116 valence electrons. The monoisotopic (exact) mass is 287 g/mol. The van der Waals surface area contributed by atoms with Crippen LogP contribution < -0.4 is 10.1 Å².